The summed E-state index contributed by atoms with van der Waals surface area (Å²) in [6.07, 6.45) is 5.69. The van der Waals surface area contributed by atoms with Crippen LogP contribution < -0.4 is 10.2 Å². The number of carbonyl (C=O) groups is 1. The zero-order valence-corrected chi connectivity index (χ0v) is 11.4. The van der Waals surface area contributed by atoms with E-state index >= 15 is 0 Å². The van der Waals surface area contributed by atoms with Gasteiger partial charge in [0.05, 0.1) is 19.0 Å². The van der Waals surface area contributed by atoms with E-state index in [1.54, 1.807) is 12.1 Å². The van der Waals surface area contributed by atoms with Gasteiger partial charge in [-0.05, 0) is 30.7 Å². The van der Waals surface area contributed by atoms with Gasteiger partial charge in [-0.2, -0.15) is 5.10 Å². The van der Waals surface area contributed by atoms with Gasteiger partial charge >= 0.3 is 0 Å². The highest BCUT2D eigenvalue weighted by molar-refractivity contribution is 5.92. The third kappa shape index (κ3) is 4.00. The van der Waals surface area contributed by atoms with Crippen LogP contribution in [0.25, 0.3) is 0 Å². The first kappa shape index (κ1) is 14.4. The van der Waals surface area contributed by atoms with E-state index < -0.39 is 5.91 Å². The van der Waals surface area contributed by atoms with Gasteiger partial charge in [-0.15, -0.1) is 0 Å². The molecule has 0 saturated carbocycles. The van der Waals surface area contributed by atoms with Crippen molar-refractivity contribution in [3.8, 4) is 11.5 Å². The lowest BCUT2D eigenvalue weighted by Gasteiger charge is -2.05. The fourth-order valence-corrected chi connectivity index (χ4v) is 1.52. The molecule has 0 spiro atoms. The van der Waals surface area contributed by atoms with Crippen molar-refractivity contribution in [2.75, 3.05) is 6.61 Å². The van der Waals surface area contributed by atoms with Crippen LogP contribution in [0.15, 0.2) is 41.9 Å². The van der Waals surface area contributed by atoms with Crippen LogP contribution in [0, 0.1) is 0 Å². The number of nitrogens with one attached hydrogen (secondary N) is 1. The van der Waals surface area contributed by atoms with Crippen molar-refractivity contribution < 1.29 is 14.6 Å². The number of nitrogens with zero attached hydrogens (tertiary/aromatic N) is 3. The average molecular weight is 286 g/mol. The van der Waals surface area contributed by atoms with E-state index in [1.165, 1.54) is 30.9 Å². The maximum absolute atomic E-state index is 11.7. The number of rotatable bonds is 5. The number of aromatic hydroxyl groups is 1. The second kappa shape index (κ2) is 6.99. The average Bonchev–Trinajstić information content (AvgIpc) is 2.51. The second-order valence-corrected chi connectivity index (χ2v) is 3.95. The lowest BCUT2D eigenvalue weighted by molar-refractivity contribution is 0.0949. The largest absolute Gasteiger partial charge is 0.504 e. The lowest BCUT2D eigenvalue weighted by Crippen LogP contribution is -2.19. The summed E-state index contributed by atoms with van der Waals surface area (Å²) in [5.41, 5.74) is 3.19. The highest BCUT2D eigenvalue weighted by Crippen LogP contribution is 2.26. The molecular weight excluding hydrogens is 272 g/mol. The highest BCUT2D eigenvalue weighted by atomic mass is 16.5. The Morgan fingerprint density at radius 1 is 1.48 bits per heavy atom. The standard InChI is InChI=1S/C14H14N4O3/c1-2-21-13-7-10(3-4-12(13)19)8-17-18-14(20)11-9-15-5-6-16-11/h3-9,19H,2H2,1H3,(H,18,20). The summed E-state index contributed by atoms with van der Waals surface area (Å²) < 4.78 is 5.26. The van der Waals surface area contributed by atoms with E-state index in [0.717, 1.165) is 0 Å². The summed E-state index contributed by atoms with van der Waals surface area (Å²) in [6.45, 7) is 2.26. The zero-order valence-electron chi connectivity index (χ0n) is 11.4. The van der Waals surface area contributed by atoms with Crippen LogP contribution in [0.1, 0.15) is 23.0 Å². The molecule has 0 unspecified atom stereocenters. The van der Waals surface area contributed by atoms with Crippen LogP contribution in [-0.2, 0) is 0 Å². The molecule has 1 amide bonds. The number of amides is 1. The van der Waals surface area contributed by atoms with E-state index in [4.69, 9.17) is 4.74 Å². The van der Waals surface area contributed by atoms with Gasteiger partial charge in [0.25, 0.3) is 5.91 Å². The van der Waals surface area contributed by atoms with E-state index in [0.29, 0.717) is 17.9 Å². The van der Waals surface area contributed by atoms with E-state index in [1.807, 2.05) is 6.92 Å². The lowest BCUT2D eigenvalue weighted by atomic mass is 10.2. The minimum atomic E-state index is -0.455. The van der Waals surface area contributed by atoms with Gasteiger partial charge in [0.15, 0.2) is 11.5 Å². The van der Waals surface area contributed by atoms with Crippen molar-refractivity contribution in [2.24, 2.45) is 5.10 Å². The molecule has 1 aromatic heterocycles. The second-order valence-electron chi connectivity index (χ2n) is 3.95. The van der Waals surface area contributed by atoms with Crippen LogP contribution in [0.5, 0.6) is 11.5 Å². The first-order valence-corrected chi connectivity index (χ1v) is 6.26. The molecule has 0 bridgehead atoms. The van der Waals surface area contributed by atoms with Crippen LogP contribution in [0.3, 0.4) is 0 Å². The Morgan fingerprint density at radius 3 is 3.05 bits per heavy atom. The topological polar surface area (TPSA) is 96.7 Å². The molecule has 0 saturated heterocycles. The fraction of sp³-hybridized carbons (Fsp3) is 0.143. The van der Waals surface area contributed by atoms with E-state index in [9.17, 15) is 9.90 Å². The normalized spacial score (nSPS) is 10.5. The number of hydrogen-bond acceptors (Lipinski definition) is 6. The van der Waals surface area contributed by atoms with Gasteiger partial charge in [-0.25, -0.2) is 10.4 Å². The van der Waals surface area contributed by atoms with Crippen LogP contribution in [0.2, 0.25) is 0 Å². The summed E-state index contributed by atoms with van der Waals surface area (Å²) in [7, 11) is 0. The van der Waals surface area contributed by atoms with Gasteiger partial charge in [-0.3, -0.25) is 9.78 Å². The van der Waals surface area contributed by atoms with E-state index in [2.05, 4.69) is 20.5 Å². The molecule has 2 N–H and O–H groups in total. The van der Waals surface area contributed by atoms with Crippen LogP contribution in [0.4, 0.5) is 0 Å². The van der Waals surface area contributed by atoms with Crippen LogP contribution >= 0.6 is 0 Å². The molecule has 21 heavy (non-hydrogen) atoms. The van der Waals surface area contributed by atoms with Gasteiger partial charge in [0.2, 0.25) is 0 Å². The predicted octanol–water partition coefficient (Wildman–Crippen LogP) is 1.34. The number of ether oxygens (including phenoxy) is 1. The van der Waals surface area contributed by atoms with Crippen molar-refractivity contribution in [3.63, 3.8) is 0 Å². The summed E-state index contributed by atoms with van der Waals surface area (Å²) in [6, 6.07) is 4.77. The molecule has 0 atom stereocenters. The van der Waals surface area contributed by atoms with Crippen LogP contribution in [-0.4, -0.2) is 33.8 Å². The molecule has 2 aromatic rings. The molecule has 0 aliphatic rings. The summed E-state index contributed by atoms with van der Waals surface area (Å²) in [5, 5.41) is 13.4. The molecule has 0 aliphatic carbocycles. The molecule has 7 nitrogen and oxygen atoms in total. The molecule has 7 heteroatoms. The molecule has 0 radical (unpaired) electrons. The number of carbonyl (C=O) groups excluding carboxylic acids is 1. The Kier molecular flexibility index (Phi) is 4.81. The Bertz CT molecular complexity index is 644. The Morgan fingerprint density at radius 2 is 2.33 bits per heavy atom. The number of hydrogen-bond donors (Lipinski definition) is 2. The third-order valence-electron chi connectivity index (χ3n) is 2.46. The van der Waals surface area contributed by atoms with Crippen molar-refractivity contribution >= 4 is 12.1 Å². The van der Waals surface area contributed by atoms with Crippen molar-refractivity contribution in [2.45, 2.75) is 6.92 Å². The quantitative estimate of drug-likeness (QED) is 0.638. The van der Waals surface area contributed by atoms with Crippen molar-refractivity contribution in [3.05, 3.63) is 48.0 Å². The monoisotopic (exact) mass is 286 g/mol. The van der Waals surface area contributed by atoms with E-state index in [-0.39, 0.29) is 11.4 Å². The number of aromatic nitrogens is 2. The van der Waals surface area contributed by atoms with Crippen molar-refractivity contribution in [1.29, 1.82) is 0 Å². The summed E-state index contributed by atoms with van der Waals surface area (Å²) >= 11 is 0. The molecule has 108 valence electrons. The Hall–Kier alpha value is -2.96. The molecule has 2 rings (SSSR count). The zero-order chi connectivity index (χ0) is 15.1. The minimum Gasteiger partial charge on any atom is -0.504 e. The first-order valence-electron chi connectivity index (χ1n) is 6.26. The molecule has 1 aromatic carbocycles. The fourth-order valence-electron chi connectivity index (χ4n) is 1.52. The number of phenols is 1. The van der Waals surface area contributed by atoms with Gasteiger partial charge in [-0.1, -0.05) is 0 Å². The van der Waals surface area contributed by atoms with Crippen molar-refractivity contribution in [1.82, 2.24) is 15.4 Å². The number of hydrazone groups is 1. The Balaban J connectivity index is 2.01. The molecule has 1 heterocycles. The van der Waals surface area contributed by atoms with Gasteiger partial charge < -0.3 is 9.84 Å². The first-order chi connectivity index (χ1) is 10.2. The number of phenolic OH excluding ortho intramolecular Hbond substituents is 1. The third-order valence-corrected chi connectivity index (χ3v) is 2.46. The SMILES string of the molecule is CCOc1cc(C=NNC(=O)c2cnccn2)ccc1O. The molecule has 0 aliphatic heterocycles. The minimum absolute atomic E-state index is 0.0533. The highest BCUT2D eigenvalue weighted by Gasteiger charge is 2.05. The van der Waals surface area contributed by atoms with Gasteiger partial charge in [0, 0.05) is 12.4 Å². The Labute approximate surface area is 121 Å². The summed E-state index contributed by atoms with van der Waals surface area (Å²) in [4.78, 5) is 19.3. The van der Waals surface area contributed by atoms with Gasteiger partial charge in [0.1, 0.15) is 5.69 Å². The maximum Gasteiger partial charge on any atom is 0.291 e. The smallest absolute Gasteiger partial charge is 0.291 e. The molecular formula is C14H14N4O3. The summed E-state index contributed by atoms with van der Waals surface area (Å²) in [5.74, 6) is -0.0394. The molecule has 0 fully saturated rings. The maximum atomic E-state index is 11.7. The predicted molar refractivity (Wildman–Crippen MR) is 76.4 cm³/mol. The number of benzene rings is 1.